The van der Waals surface area contributed by atoms with Crippen molar-refractivity contribution in [3.05, 3.63) is 65.2 Å². The Labute approximate surface area is 112 Å². The molecule has 0 saturated carbocycles. The van der Waals surface area contributed by atoms with E-state index in [2.05, 4.69) is 36.5 Å². The van der Waals surface area contributed by atoms with E-state index in [4.69, 9.17) is 5.11 Å². The minimum atomic E-state index is -0.901. The number of rotatable bonds is 5. The van der Waals surface area contributed by atoms with Gasteiger partial charge in [-0.05, 0) is 37.1 Å². The van der Waals surface area contributed by atoms with Crippen molar-refractivity contribution in [3.63, 3.8) is 0 Å². The van der Waals surface area contributed by atoms with E-state index >= 15 is 0 Å². The number of hydrogen-bond donors (Lipinski definition) is 2. The zero-order valence-corrected chi connectivity index (χ0v) is 10.9. The average molecular weight is 255 g/mol. The van der Waals surface area contributed by atoms with Gasteiger partial charge in [-0.15, -0.1) is 0 Å². The van der Waals surface area contributed by atoms with Gasteiger partial charge in [0.2, 0.25) is 0 Å². The first-order valence-corrected chi connectivity index (χ1v) is 6.28. The predicted octanol–water partition coefficient (Wildman–Crippen LogP) is 3.35. The van der Waals surface area contributed by atoms with Crippen molar-refractivity contribution in [3.8, 4) is 0 Å². The summed E-state index contributed by atoms with van der Waals surface area (Å²) < 4.78 is 0. The molecule has 2 N–H and O–H groups in total. The number of carbonyl (C=O) groups is 1. The quantitative estimate of drug-likeness (QED) is 0.861. The fraction of sp³-hybridized carbons (Fsp3) is 0.188. The molecule has 0 saturated heterocycles. The second-order valence-electron chi connectivity index (χ2n) is 4.55. The third kappa shape index (κ3) is 3.85. The number of carboxylic acids is 1. The predicted molar refractivity (Wildman–Crippen MR) is 76.8 cm³/mol. The first-order valence-electron chi connectivity index (χ1n) is 6.28. The van der Waals surface area contributed by atoms with Gasteiger partial charge in [0.1, 0.15) is 0 Å². The molecule has 0 aliphatic rings. The fourth-order valence-electron chi connectivity index (χ4n) is 1.98. The lowest BCUT2D eigenvalue weighted by Crippen LogP contribution is -2.06. The van der Waals surface area contributed by atoms with Crippen LogP contribution in [0.2, 0.25) is 0 Å². The number of anilines is 1. The number of nitrogens with one attached hydrogen (secondary N) is 1. The molecule has 0 radical (unpaired) electrons. The van der Waals surface area contributed by atoms with Crippen LogP contribution in [0.5, 0.6) is 0 Å². The van der Waals surface area contributed by atoms with E-state index in [1.807, 2.05) is 6.07 Å². The van der Waals surface area contributed by atoms with Crippen LogP contribution in [0.4, 0.5) is 5.69 Å². The molecule has 0 fully saturated rings. The highest BCUT2D eigenvalue weighted by atomic mass is 16.4. The summed E-state index contributed by atoms with van der Waals surface area (Å²) in [5.41, 5.74) is 3.68. The van der Waals surface area contributed by atoms with Crippen molar-refractivity contribution < 1.29 is 9.90 Å². The van der Waals surface area contributed by atoms with E-state index < -0.39 is 5.97 Å². The number of hydrogen-bond acceptors (Lipinski definition) is 2. The lowest BCUT2D eigenvalue weighted by atomic mass is 10.1. The van der Waals surface area contributed by atoms with Crippen molar-refractivity contribution in [1.29, 1.82) is 0 Å². The van der Waals surface area contributed by atoms with Crippen molar-refractivity contribution in [2.75, 3.05) is 11.9 Å². The summed E-state index contributed by atoms with van der Waals surface area (Å²) in [6.45, 7) is 2.86. The summed E-state index contributed by atoms with van der Waals surface area (Å²) in [6, 6.07) is 15.3. The highest BCUT2D eigenvalue weighted by molar-refractivity contribution is 5.88. The number of carboxylic acid groups (broad SMARTS) is 1. The number of benzene rings is 2. The number of aryl methyl sites for hydroxylation is 1. The van der Waals surface area contributed by atoms with Gasteiger partial charge in [0.15, 0.2) is 0 Å². The molecule has 0 spiro atoms. The zero-order chi connectivity index (χ0) is 13.7. The Morgan fingerprint density at radius 2 is 1.95 bits per heavy atom. The van der Waals surface area contributed by atoms with Crippen LogP contribution in [-0.2, 0) is 6.42 Å². The second kappa shape index (κ2) is 6.05. The molecule has 0 unspecified atom stereocenters. The number of aromatic carboxylic acids is 1. The van der Waals surface area contributed by atoms with E-state index in [-0.39, 0.29) is 0 Å². The molecule has 2 aromatic rings. The third-order valence-corrected chi connectivity index (χ3v) is 2.93. The molecule has 98 valence electrons. The SMILES string of the molecule is Cc1cccc(CCNc2cccc(C(=O)O)c2)c1. The van der Waals surface area contributed by atoms with E-state index in [1.165, 1.54) is 11.1 Å². The molecule has 0 atom stereocenters. The monoisotopic (exact) mass is 255 g/mol. The molecule has 3 nitrogen and oxygen atoms in total. The minimum absolute atomic E-state index is 0.306. The molecular formula is C16H17NO2. The molecule has 0 aromatic heterocycles. The molecule has 0 amide bonds. The first kappa shape index (κ1) is 13.1. The van der Waals surface area contributed by atoms with Crippen LogP contribution in [-0.4, -0.2) is 17.6 Å². The van der Waals surface area contributed by atoms with Crippen molar-refractivity contribution >= 4 is 11.7 Å². The minimum Gasteiger partial charge on any atom is -0.478 e. The average Bonchev–Trinajstić information content (AvgIpc) is 2.39. The van der Waals surface area contributed by atoms with Crippen LogP contribution in [0.15, 0.2) is 48.5 Å². The van der Waals surface area contributed by atoms with Crippen LogP contribution < -0.4 is 5.32 Å². The molecular weight excluding hydrogens is 238 g/mol. The van der Waals surface area contributed by atoms with Crippen LogP contribution in [0.1, 0.15) is 21.5 Å². The molecule has 0 bridgehead atoms. The van der Waals surface area contributed by atoms with Crippen molar-refractivity contribution in [2.45, 2.75) is 13.3 Å². The maximum atomic E-state index is 10.9. The molecule has 0 heterocycles. The van der Waals surface area contributed by atoms with Crippen LogP contribution in [0.3, 0.4) is 0 Å². The van der Waals surface area contributed by atoms with E-state index in [0.717, 1.165) is 18.7 Å². The first-order chi connectivity index (χ1) is 9.15. The Balaban J connectivity index is 1.92. The van der Waals surface area contributed by atoms with E-state index in [9.17, 15) is 4.79 Å². The Kier molecular flexibility index (Phi) is 4.18. The van der Waals surface area contributed by atoms with Crippen LogP contribution >= 0.6 is 0 Å². The molecule has 19 heavy (non-hydrogen) atoms. The lowest BCUT2D eigenvalue weighted by Gasteiger charge is -2.07. The summed E-state index contributed by atoms with van der Waals surface area (Å²) in [6.07, 6.45) is 0.916. The van der Waals surface area contributed by atoms with Crippen molar-refractivity contribution in [2.24, 2.45) is 0 Å². The molecule has 2 aromatic carbocycles. The van der Waals surface area contributed by atoms with E-state index in [0.29, 0.717) is 5.56 Å². The van der Waals surface area contributed by atoms with Crippen LogP contribution in [0.25, 0.3) is 0 Å². The van der Waals surface area contributed by atoms with Gasteiger partial charge in [-0.1, -0.05) is 35.9 Å². The van der Waals surface area contributed by atoms with Crippen molar-refractivity contribution in [1.82, 2.24) is 0 Å². The maximum Gasteiger partial charge on any atom is 0.335 e. The Morgan fingerprint density at radius 3 is 2.68 bits per heavy atom. The maximum absolute atomic E-state index is 10.9. The Bertz CT molecular complexity index is 578. The lowest BCUT2D eigenvalue weighted by molar-refractivity contribution is 0.0697. The van der Waals surface area contributed by atoms with Gasteiger partial charge in [0.05, 0.1) is 5.56 Å². The Morgan fingerprint density at radius 1 is 1.16 bits per heavy atom. The molecule has 3 heteroatoms. The fourth-order valence-corrected chi connectivity index (χ4v) is 1.98. The van der Waals surface area contributed by atoms with Crippen LogP contribution in [0, 0.1) is 6.92 Å². The molecule has 2 rings (SSSR count). The molecule has 0 aliphatic carbocycles. The van der Waals surface area contributed by atoms with Gasteiger partial charge in [-0.25, -0.2) is 4.79 Å². The highest BCUT2D eigenvalue weighted by Gasteiger charge is 2.02. The largest absolute Gasteiger partial charge is 0.478 e. The second-order valence-corrected chi connectivity index (χ2v) is 4.55. The van der Waals surface area contributed by atoms with Gasteiger partial charge in [-0.2, -0.15) is 0 Å². The topological polar surface area (TPSA) is 49.3 Å². The van der Waals surface area contributed by atoms with Gasteiger partial charge < -0.3 is 10.4 Å². The van der Waals surface area contributed by atoms with Gasteiger partial charge in [-0.3, -0.25) is 0 Å². The summed E-state index contributed by atoms with van der Waals surface area (Å²) in [7, 11) is 0. The summed E-state index contributed by atoms with van der Waals surface area (Å²) in [5.74, 6) is -0.901. The normalized spacial score (nSPS) is 10.2. The highest BCUT2D eigenvalue weighted by Crippen LogP contribution is 2.11. The summed E-state index contributed by atoms with van der Waals surface area (Å²) in [5, 5.41) is 12.2. The third-order valence-electron chi connectivity index (χ3n) is 2.93. The molecule has 0 aliphatic heterocycles. The summed E-state index contributed by atoms with van der Waals surface area (Å²) in [4.78, 5) is 10.9. The smallest absolute Gasteiger partial charge is 0.335 e. The van der Waals surface area contributed by atoms with E-state index in [1.54, 1.807) is 18.2 Å². The standard InChI is InChI=1S/C16H17NO2/c1-12-4-2-5-13(10-12)8-9-17-15-7-3-6-14(11-15)16(18)19/h2-7,10-11,17H,8-9H2,1H3,(H,18,19). The zero-order valence-electron chi connectivity index (χ0n) is 10.9. The Hall–Kier alpha value is -2.29. The summed E-state index contributed by atoms with van der Waals surface area (Å²) >= 11 is 0. The van der Waals surface area contributed by atoms with Gasteiger partial charge in [0, 0.05) is 12.2 Å². The van der Waals surface area contributed by atoms with Gasteiger partial charge in [0.25, 0.3) is 0 Å². The van der Waals surface area contributed by atoms with Gasteiger partial charge >= 0.3 is 5.97 Å².